The summed E-state index contributed by atoms with van der Waals surface area (Å²) in [5, 5.41) is 49.0. The molecule has 19 nitrogen and oxygen atoms in total. The fourth-order valence-electron chi connectivity index (χ4n) is 7.36. The summed E-state index contributed by atoms with van der Waals surface area (Å²) in [7, 11) is -5.42. The van der Waals surface area contributed by atoms with E-state index in [1.54, 1.807) is 73.8 Å². The zero-order valence-corrected chi connectivity index (χ0v) is 41.8. The van der Waals surface area contributed by atoms with Gasteiger partial charge in [-0.25, -0.2) is 16.8 Å². The number of fused-ring (bicyclic) bond motifs is 3. The van der Waals surface area contributed by atoms with Gasteiger partial charge in [0.1, 0.15) is 51.7 Å². The van der Waals surface area contributed by atoms with Gasteiger partial charge in [-0.05, 0) is 91.0 Å². The minimum Gasteiger partial charge on any atom is -0.716 e. The van der Waals surface area contributed by atoms with Gasteiger partial charge < -0.3 is 68.5 Å². The van der Waals surface area contributed by atoms with Gasteiger partial charge in [0.2, 0.25) is 0 Å². The maximum absolute atomic E-state index is 11.0. The smallest absolute Gasteiger partial charge is 0.262 e. The van der Waals surface area contributed by atoms with E-state index in [-0.39, 0.29) is 46.6 Å². The second-order valence-corrected chi connectivity index (χ2v) is 17.7. The highest BCUT2D eigenvalue weighted by molar-refractivity contribution is 7.81. The molecule has 0 bridgehead atoms. The fourth-order valence-corrected chi connectivity index (χ4v) is 8.11. The molecule has 8 N–H and O–H groups in total. The van der Waals surface area contributed by atoms with Gasteiger partial charge >= 0.3 is 0 Å². The molecule has 0 aliphatic heterocycles. The van der Waals surface area contributed by atoms with Crippen molar-refractivity contribution in [1.29, 1.82) is 0 Å². The third-order valence-corrected chi connectivity index (χ3v) is 11.7. The summed E-state index contributed by atoms with van der Waals surface area (Å²) in [5.74, 6) is 2.10. The predicted octanol–water partition coefficient (Wildman–Crippen LogP) is 9.35. The lowest BCUT2D eigenvalue weighted by Crippen LogP contribution is -2.10. The zero-order chi connectivity index (χ0) is 54.3. The number of nitrogen functional groups attached to an aromatic ring is 1. The molecule has 0 aliphatic carbocycles. The molecule has 0 amide bonds. The van der Waals surface area contributed by atoms with Crippen molar-refractivity contribution in [2.75, 3.05) is 37.7 Å². The van der Waals surface area contributed by atoms with Crippen LogP contribution in [0.2, 0.25) is 0 Å². The highest BCUT2D eigenvalue weighted by Gasteiger charge is 2.13. The second kappa shape index (κ2) is 25.0. The second-order valence-electron chi connectivity index (χ2n) is 15.8. The summed E-state index contributed by atoms with van der Waals surface area (Å²) < 4.78 is 89.9. The summed E-state index contributed by atoms with van der Waals surface area (Å²) >= 11 is 0. The Morgan fingerprint density at radius 1 is 0.467 bits per heavy atom. The molecule has 0 fully saturated rings. The van der Waals surface area contributed by atoms with Crippen LogP contribution in [0.25, 0.3) is 32.3 Å². The van der Waals surface area contributed by atoms with Crippen molar-refractivity contribution in [3.63, 3.8) is 0 Å². The molecule has 0 saturated heterocycles. The van der Waals surface area contributed by atoms with Crippen LogP contribution < -0.4 is 38.9 Å². The molecule has 9 aromatic carbocycles. The lowest BCUT2D eigenvalue weighted by atomic mass is 10.1. The predicted molar refractivity (Wildman–Crippen MR) is 283 cm³/mol. The van der Waals surface area contributed by atoms with E-state index in [4.69, 9.17) is 25.1 Å². The Morgan fingerprint density at radius 2 is 0.893 bits per heavy atom. The molecule has 0 radical (unpaired) electrons. The van der Waals surface area contributed by atoms with Crippen LogP contribution >= 0.6 is 0 Å². The van der Waals surface area contributed by atoms with Gasteiger partial charge in [0.15, 0.2) is 6.29 Å². The summed E-state index contributed by atoms with van der Waals surface area (Å²) in [6, 6.07) is 45.2. The van der Waals surface area contributed by atoms with Gasteiger partial charge in [0.25, 0.3) is 20.8 Å². The SMILES string of the molecule is COc1ccc(O)c(C=O)c1.COc1ccc(O)c(CNc2cccc3c(O)cccc23)c1.COc1ccc(OS(=O)(=O)[O-])c(CNc2cccc3c(OS(=O)(=O)[O-])cccc23)c1.Nc1cccc2c(O)cccc12. The number of carbonyl (C=O) groups excluding carboxylic acids is 1. The van der Waals surface area contributed by atoms with E-state index in [0.717, 1.165) is 32.8 Å². The zero-order valence-electron chi connectivity index (χ0n) is 40.2. The number of aldehydes is 1. The molecule has 0 heterocycles. The van der Waals surface area contributed by atoms with Crippen LogP contribution in [0.15, 0.2) is 164 Å². The van der Waals surface area contributed by atoms with Crippen molar-refractivity contribution in [2.45, 2.75) is 13.1 Å². The van der Waals surface area contributed by atoms with Crippen molar-refractivity contribution in [3.05, 3.63) is 180 Å². The first-order valence-electron chi connectivity index (χ1n) is 22.1. The van der Waals surface area contributed by atoms with E-state index in [0.29, 0.717) is 57.8 Å². The van der Waals surface area contributed by atoms with E-state index < -0.39 is 20.8 Å². The molecule has 0 aromatic heterocycles. The van der Waals surface area contributed by atoms with Crippen molar-refractivity contribution >= 4 is 76.5 Å². The number of rotatable bonds is 14. The molecular formula is C54H49N3O16S2-2. The minimum absolute atomic E-state index is 0.0270. The summed E-state index contributed by atoms with van der Waals surface area (Å²) in [5.41, 5.74) is 9.14. The number of benzene rings is 9. The number of ether oxygens (including phenoxy) is 3. The van der Waals surface area contributed by atoms with E-state index in [1.165, 1.54) is 56.7 Å². The molecule has 390 valence electrons. The molecule has 9 aromatic rings. The Morgan fingerprint density at radius 3 is 1.45 bits per heavy atom. The van der Waals surface area contributed by atoms with Crippen molar-refractivity contribution in [1.82, 2.24) is 0 Å². The number of methoxy groups -OCH3 is 3. The molecule has 0 saturated carbocycles. The number of aromatic hydroxyl groups is 4. The lowest BCUT2D eigenvalue weighted by molar-refractivity contribution is 0.112. The molecule has 75 heavy (non-hydrogen) atoms. The Balaban J connectivity index is 0.000000176. The Kier molecular flexibility index (Phi) is 18.4. The standard InChI is InChI=1S/C18H17NO9S2.C18H17NO3.C10H9NO.C8H8O3/c1-26-13-8-9-17(27-29(20,21)22)12(10-13)11-19-16-6-2-5-15-14(16)4-3-7-18(15)28-30(23,24)25;1-22-13-8-9-17(20)12(10-13)11-19-16-6-2-5-15-14(16)4-3-7-18(15)21;11-9-5-1-4-8-7(9)3-2-6-10(8)12;1-11-7-2-3-8(10)6(4-7)5-9/h2-10,19H,11H2,1H3,(H,20,21,22)(H,23,24,25);2-10,19-21H,11H2,1H3;1-6,12H,11H2;2-5,10H,1H3/p-2. The number of hydrogen-bond donors (Lipinski definition) is 7. The van der Waals surface area contributed by atoms with E-state index in [1.807, 2.05) is 54.6 Å². The number of hydrogen-bond acceptors (Lipinski definition) is 19. The van der Waals surface area contributed by atoms with Gasteiger partial charge in [-0.15, -0.1) is 0 Å². The van der Waals surface area contributed by atoms with Crippen LogP contribution in [0.5, 0.6) is 51.7 Å². The molecule has 0 unspecified atom stereocenters. The minimum atomic E-state index is -4.98. The monoisotopic (exact) mass is 1060 g/mol. The maximum Gasteiger partial charge on any atom is 0.262 e. The quantitative estimate of drug-likeness (QED) is 0.0231. The first-order valence-corrected chi connectivity index (χ1v) is 24.8. The topological polar surface area (TPSA) is 309 Å². The van der Waals surface area contributed by atoms with Crippen molar-refractivity contribution in [2.24, 2.45) is 0 Å². The van der Waals surface area contributed by atoms with Gasteiger partial charge in [-0.3, -0.25) is 4.79 Å². The van der Waals surface area contributed by atoms with Gasteiger partial charge in [0, 0.05) is 73.6 Å². The Labute approximate surface area is 431 Å². The average Bonchev–Trinajstić information content (AvgIpc) is 3.38. The molecule has 0 aliphatic rings. The van der Waals surface area contributed by atoms with Gasteiger partial charge in [0.05, 0.1) is 26.9 Å². The first kappa shape index (κ1) is 55.2. The van der Waals surface area contributed by atoms with Gasteiger partial charge in [-0.1, -0.05) is 72.8 Å². The third kappa shape index (κ3) is 15.2. The molecule has 0 atom stereocenters. The van der Waals surface area contributed by atoms with Crippen LogP contribution in [-0.2, 0) is 33.9 Å². The highest BCUT2D eigenvalue weighted by Crippen LogP contribution is 2.34. The Hall–Kier alpha value is -9.15. The number of carbonyl (C=O) groups is 1. The third-order valence-electron chi connectivity index (χ3n) is 11.0. The fraction of sp³-hybridized carbons (Fsp3) is 0.0926. The van der Waals surface area contributed by atoms with Crippen LogP contribution in [0.1, 0.15) is 21.5 Å². The maximum atomic E-state index is 11.0. The summed E-state index contributed by atoms with van der Waals surface area (Å²) in [6.07, 6.45) is 0.581. The summed E-state index contributed by atoms with van der Waals surface area (Å²) in [4.78, 5) is 10.3. The van der Waals surface area contributed by atoms with E-state index >= 15 is 0 Å². The summed E-state index contributed by atoms with van der Waals surface area (Å²) in [6.45, 7) is 0.490. The Bertz CT molecular complexity index is 3650. The molecular weight excluding hydrogens is 1010 g/mol. The first-order chi connectivity index (χ1) is 35.8. The highest BCUT2D eigenvalue weighted by atomic mass is 32.3. The lowest BCUT2D eigenvalue weighted by Gasteiger charge is -2.17. The average molecular weight is 1060 g/mol. The number of phenolic OH excluding ortho intramolecular Hbond substituents is 4. The van der Waals surface area contributed by atoms with Crippen molar-refractivity contribution in [3.8, 4) is 51.7 Å². The molecule has 0 spiro atoms. The van der Waals surface area contributed by atoms with Crippen LogP contribution in [0, 0.1) is 0 Å². The van der Waals surface area contributed by atoms with Crippen LogP contribution in [-0.4, -0.2) is 74.0 Å². The normalized spacial score (nSPS) is 10.8. The van der Waals surface area contributed by atoms with Gasteiger partial charge in [-0.2, -0.15) is 0 Å². The number of phenols is 4. The molecule has 21 heteroatoms. The van der Waals surface area contributed by atoms with E-state index in [2.05, 4.69) is 19.0 Å². The van der Waals surface area contributed by atoms with Crippen molar-refractivity contribution < 1.29 is 73.7 Å². The van der Waals surface area contributed by atoms with Crippen LogP contribution in [0.4, 0.5) is 17.1 Å². The number of anilines is 3. The van der Waals surface area contributed by atoms with Crippen LogP contribution in [0.3, 0.4) is 0 Å². The van der Waals surface area contributed by atoms with E-state index in [9.17, 15) is 46.1 Å². The molecule has 9 rings (SSSR count). The number of nitrogens with two attached hydrogens (primary N) is 1. The number of nitrogens with one attached hydrogen (secondary N) is 2. The largest absolute Gasteiger partial charge is 0.716 e.